The first kappa shape index (κ1) is 20.4. The lowest BCUT2D eigenvalue weighted by atomic mass is 10.1. The van der Waals surface area contributed by atoms with Gasteiger partial charge in [-0.1, -0.05) is 23.7 Å². The fraction of sp³-hybridized carbons (Fsp3) is 0.105. The predicted molar refractivity (Wildman–Crippen MR) is 98.2 cm³/mol. The van der Waals surface area contributed by atoms with Crippen LogP contribution in [0.25, 0.3) is 0 Å². The summed E-state index contributed by atoms with van der Waals surface area (Å²) < 4.78 is 47.2. The van der Waals surface area contributed by atoms with Crippen LogP contribution in [-0.4, -0.2) is 15.5 Å². The molecule has 1 amide bonds. The first-order valence-electron chi connectivity index (χ1n) is 8.16. The Morgan fingerprint density at radius 2 is 1.93 bits per heavy atom. The fourth-order valence-electron chi connectivity index (χ4n) is 2.52. The molecular weight excluding hydrogens is 411 g/mol. The Morgan fingerprint density at radius 1 is 1.17 bits per heavy atom. The van der Waals surface area contributed by atoms with Crippen molar-refractivity contribution in [1.29, 1.82) is 0 Å². The van der Waals surface area contributed by atoms with Gasteiger partial charge in [0.15, 0.2) is 5.02 Å². The molecule has 0 fully saturated rings. The minimum atomic E-state index is -0.940. The zero-order valence-electron chi connectivity index (χ0n) is 14.7. The standard InChI is InChI=1S/C19H13ClF3N3O3/c20-15-18(29-8-11-4-5-12(21)6-14(11)22)25-9-26(19(15)28)7-10-2-1-3-13(16(10)23)17(24)27/h1-6,9H,7-8H2,(H2,24,27). The Kier molecular flexibility index (Phi) is 5.88. The normalized spacial score (nSPS) is 10.8. The molecule has 2 aromatic carbocycles. The zero-order chi connectivity index (χ0) is 21.1. The van der Waals surface area contributed by atoms with Gasteiger partial charge in [-0.2, -0.15) is 0 Å². The zero-order valence-corrected chi connectivity index (χ0v) is 15.4. The highest BCUT2D eigenvalue weighted by Gasteiger charge is 2.16. The van der Waals surface area contributed by atoms with Gasteiger partial charge in [0.05, 0.1) is 12.1 Å². The second-order valence-corrected chi connectivity index (χ2v) is 6.34. The van der Waals surface area contributed by atoms with Gasteiger partial charge in [0, 0.05) is 17.2 Å². The predicted octanol–water partition coefficient (Wildman–Crippen LogP) is 3.04. The average Bonchev–Trinajstić information content (AvgIpc) is 2.67. The maximum Gasteiger partial charge on any atom is 0.276 e. The van der Waals surface area contributed by atoms with Gasteiger partial charge in [-0.15, -0.1) is 0 Å². The number of nitrogens with zero attached hydrogens (tertiary/aromatic N) is 2. The van der Waals surface area contributed by atoms with Crippen molar-refractivity contribution >= 4 is 17.5 Å². The molecule has 3 rings (SSSR count). The Morgan fingerprint density at radius 3 is 2.62 bits per heavy atom. The van der Waals surface area contributed by atoms with Crippen LogP contribution in [0.3, 0.4) is 0 Å². The molecule has 1 heterocycles. The van der Waals surface area contributed by atoms with E-state index in [1.165, 1.54) is 24.3 Å². The summed E-state index contributed by atoms with van der Waals surface area (Å²) in [4.78, 5) is 27.5. The molecule has 2 N–H and O–H groups in total. The molecule has 0 saturated carbocycles. The molecule has 0 spiro atoms. The molecule has 6 nitrogen and oxygen atoms in total. The number of nitrogens with two attached hydrogens (primary N) is 1. The maximum absolute atomic E-state index is 14.3. The first-order valence-corrected chi connectivity index (χ1v) is 8.54. The smallest absolute Gasteiger partial charge is 0.276 e. The van der Waals surface area contributed by atoms with Crippen molar-refractivity contribution in [1.82, 2.24) is 9.55 Å². The van der Waals surface area contributed by atoms with Crippen molar-refractivity contribution in [3.05, 3.63) is 92.2 Å². The van der Waals surface area contributed by atoms with Crippen LogP contribution in [0.4, 0.5) is 13.2 Å². The van der Waals surface area contributed by atoms with E-state index in [0.29, 0.717) is 6.07 Å². The van der Waals surface area contributed by atoms with Crippen molar-refractivity contribution in [2.24, 2.45) is 5.73 Å². The molecule has 0 bridgehead atoms. The third kappa shape index (κ3) is 4.40. The summed E-state index contributed by atoms with van der Waals surface area (Å²) in [6, 6.07) is 6.97. The molecule has 0 saturated heterocycles. The molecule has 0 aliphatic carbocycles. The number of hydrogen-bond acceptors (Lipinski definition) is 4. The number of rotatable bonds is 6. The van der Waals surface area contributed by atoms with Crippen LogP contribution in [-0.2, 0) is 13.2 Å². The van der Waals surface area contributed by atoms with Gasteiger partial charge in [-0.3, -0.25) is 14.2 Å². The summed E-state index contributed by atoms with van der Waals surface area (Å²) in [6.07, 6.45) is 1.07. The van der Waals surface area contributed by atoms with Gasteiger partial charge in [-0.05, 0) is 18.2 Å². The van der Waals surface area contributed by atoms with E-state index < -0.39 is 33.9 Å². The Bertz CT molecular complexity index is 1150. The summed E-state index contributed by atoms with van der Waals surface area (Å²) >= 11 is 5.97. The van der Waals surface area contributed by atoms with Crippen molar-refractivity contribution in [2.75, 3.05) is 0 Å². The van der Waals surface area contributed by atoms with E-state index in [4.69, 9.17) is 22.1 Å². The Balaban J connectivity index is 1.82. The third-order valence-electron chi connectivity index (χ3n) is 4.02. The van der Waals surface area contributed by atoms with E-state index >= 15 is 0 Å². The van der Waals surface area contributed by atoms with Crippen molar-refractivity contribution in [2.45, 2.75) is 13.2 Å². The summed E-state index contributed by atoms with van der Waals surface area (Å²) in [5.74, 6) is -3.61. The van der Waals surface area contributed by atoms with Gasteiger partial charge < -0.3 is 10.5 Å². The number of primary amides is 1. The van der Waals surface area contributed by atoms with Crippen LogP contribution in [0.5, 0.6) is 5.88 Å². The highest BCUT2D eigenvalue weighted by molar-refractivity contribution is 6.31. The molecule has 0 aliphatic heterocycles. The van der Waals surface area contributed by atoms with Crippen molar-refractivity contribution in [3.8, 4) is 5.88 Å². The molecule has 29 heavy (non-hydrogen) atoms. The third-order valence-corrected chi connectivity index (χ3v) is 4.34. The topological polar surface area (TPSA) is 87.2 Å². The van der Waals surface area contributed by atoms with Gasteiger partial charge in [-0.25, -0.2) is 18.2 Å². The lowest BCUT2D eigenvalue weighted by Crippen LogP contribution is -2.23. The molecule has 3 aromatic rings. The van der Waals surface area contributed by atoms with Crippen LogP contribution < -0.4 is 16.0 Å². The highest BCUT2D eigenvalue weighted by Crippen LogP contribution is 2.20. The molecular formula is C19H13ClF3N3O3. The van der Waals surface area contributed by atoms with Gasteiger partial charge in [0.1, 0.15) is 30.4 Å². The molecule has 0 unspecified atom stereocenters. The minimum absolute atomic E-state index is 0.0309. The Hall–Kier alpha value is -3.33. The van der Waals surface area contributed by atoms with Gasteiger partial charge in [0.2, 0.25) is 5.88 Å². The number of aromatic nitrogens is 2. The molecule has 1 aromatic heterocycles. The highest BCUT2D eigenvalue weighted by atomic mass is 35.5. The molecule has 150 valence electrons. The van der Waals surface area contributed by atoms with Crippen LogP contribution >= 0.6 is 11.6 Å². The lowest BCUT2D eigenvalue weighted by Gasteiger charge is -2.11. The van der Waals surface area contributed by atoms with E-state index in [2.05, 4.69) is 4.98 Å². The van der Waals surface area contributed by atoms with E-state index in [0.717, 1.165) is 17.0 Å². The van der Waals surface area contributed by atoms with Crippen LogP contribution in [0.1, 0.15) is 21.5 Å². The first-order chi connectivity index (χ1) is 13.8. The van der Waals surface area contributed by atoms with Crippen molar-refractivity contribution < 1.29 is 22.7 Å². The van der Waals surface area contributed by atoms with Gasteiger partial charge in [0.25, 0.3) is 11.5 Å². The lowest BCUT2D eigenvalue weighted by molar-refractivity contribution is 0.0996. The summed E-state index contributed by atoms with van der Waals surface area (Å²) in [7, 11) is 0. The van der Waals surface area contributed by atoms with E-state index in [1.807, 2.05) is 0 Å². The summed E-state index contributed by atoms with van der Waals surface area (Å²) in [5.41, 5.74) is 4.13. The van der Waals surface area contributed by atoms with E-state index in [1.54, 1.807) is 0 Å². The number of halogens is 4. The molecule has 0 atom stereocenters. The number of carbonyl (C=O) groups is 1. The number of amides is 1. The van der Waals surface area contributed by atoms with Crippen molar-refractivity contribution in [3.63, 3.8) is 0 Å². The van der Waals surface area contributed by atoms with Crippen LogP contribution in [0.15, 0.2) is 47.5 Å². The minimum Gasteiger partial charge on any atom is -0.471 e. The van der Waals surface area contributed by atoms with E-state index in [9.17, 15) is 22.8 Å². The average molecular weight is 424 g/mol. The largest absolute Gasteiger partial charge is 0.471 e. The second-order valence-electron chi connectivity index (χ2n) is 5.96. The van der Waals surface area contributed by atoms with Gasteiger partial charge >= 0.3 is 0 Å². The summed E-state index contributed by atoms with van der Waals surface area (Å²) in [6.45, 7) is -0.594. The SMILES string of the molecule is NC(=O)c1cccc(Cn2cnc(OCc3ccc(F)cc3F)c(Cl)c2=O)c1F. The number of carbonyl (C=O) groups excluding carboxylic acids is 1. The number of ether oxygens (including phenoxy) is 1. The molecule has 0 aliphatic rings. The molecule has 10 heteroatoms. The van der Waals surface area contributed by atoms with Crippen LogP contribution in [0.2, 0.25) is 5.02 Å². The quantitative estimate of drug-likeness (QED) is 0.660. The summed E-state index contributed by atoms with van der Waals surface area (Å²) in [5, 5.41) is -0.401. The fourth-order valence-corrected chi connectivity index (χ4v) is 2.73. The Labute approximate surface area is 167 Å². The number of hydrogen-bond donors (Lipinski definition) is 1. The number of benzene rings is 2. The molecule has 0 radical (unpaired) electrons. The second kappa shape index (κ2) is 8.36. The maximum atomic E-state index is 14.3. The van der Waals surface area contributed by atoms with Crippen LogP contribution in [0, 0.1) is 17.5 Å². The monoisotopic (exact) mass is 423 g/mol. The van der Waals surface area contributed by atoms with E-state index in [-0.39, 0.29) is 35.7 Å².